The van der Waals surface area contributed by atoms with E-state index in [9.17, 15) is 9.59 Å². The van der Waals surface area contributed by atoms with Crippen LogP contribution in [0.15, 0.2) is 58.3 Å². The van der Waals surface area contributed by atoms with E-state index in [2.05, 4.69) is 11.5 Å². The van der Waals surface area contributed by atoms with Crippen LogP contribution in [-0.4, -0.2) is 61.7 Å². The van der Waals surface area contributed by atoms with Crippen molar-refractivity contribution in [3.63, 3.8) is 0 Å². The summed E-state index contributed by atoms with van der Waals surface area (Å²) in [6.45, 7) is 10.5. The molecule has 7 nitrogen and oxygen atoms in total. The lowest BCUT2D eigenvalue weighted by Crippen LogP contribution is -2.38. The molecule has 5 rings (SSSR count). The molecule has 188 valence electrons. The molecular formula is C28H29ClN2O5. The highest BCUT2D eigenvalue weighted by molar-refractivity contribution is 6.32. The predicted molar refractivity (Wildman–Crippen MR) is 139 cm³/mol. The van der Waals surface area contributed by atoms with Gasteiger partial charge in [0.25, 0.3) is 5.91 Å². The number of hydrogen-bond donors (Lipinski definition) is 0. The number of rotatable bonds is 8. The van der Waals surface area contributed by atoms with Gasteiger partial charge in [0.2, 0.25) is 5.76 Å². The van der Waals surface area contributed by atoms with Gasteiger partial charge in [0.15, 0.2) is 5.43 Å². The van der Waals surface area contributed by atoms with Crippen LogP contribution in [0.2, 0.25) is 5.02 Å². The van der Waals surface area contributed by atoms with Gasteiger partial charge < -0.3 is 18.8 Å². The van der Waals surface area contributed by atoms with Gasteiger partial charge in [-0.1, -0.05) is 36.4 Å². The first-order valence-corrected chi connectivity index (χ1v) is 12.6. The Labute approximate surface area is 214 Å². The maximum atomic E-state index is 13.7. The Balaban J connectivity index is 1.52. The Bertz CT molecular complexity index is 1340. The standard InChI is InChI=1S/C28H29ClN2O5/c1-3-13-35-20-7-5-19(6-8-20)25-24-26(32)21-17-22(29)18(2)16-23(21)36-27(24)28(33)31(25)10-4-9-30-11-14-34-15-12-30/h3,5-8,16-17,25H,1,4,9-15H2,2H3. The van der Waals surface area contributed by atoms with Gasteiger partial charge in [-0.3, -0.25) is 14.5 Å². The SMILES string of the molecule is C=CCOc1ccc(C2c3c(oc4cc(C)c(Cl)cc4c3=O)C(=O)N2CCCN2CCOCC2)cc1. The van der Waals surface area contributed by atoms with Crippen molar-refractivity contribution >= 4 is 28.5 Å². The summed E-state index contributed by atoms with van der Waals surface area (Å²) in [5, 5.41) is 0.866. The number of nitrogens with zero attached hydrogens (tertiary/aromatic N) is 2. The van der Waals surface area contributed by atoms with Crippen molar-refractivity contribution in [3.8, 4) is 5.75 Å². The number of carbonyl (C=O) groups is 1. The molecular weight excluding hydrogens is 480 g/mol. The van der Waals surface area contributed by atoms with Crippen molar-refractivity contribution in [2.24, 2.45) is 0 Å². The highest BCUT2D eigenvalue weighted by Gasteiger charge is 2.42. The third-order valence-corrected chi connectivity index (χ3v) is 7.19. The second-order valence-corrected chi connectivity index (χ2v) is 9.56. The molecule has 1 unspecified atom stereocenters. The van der Waals surface area contributed by atoms with Gasteiger partial charge >= 0.3 is 0 Å². The first-order chi connectivity index (χ1) is 17.5. The van der Waals surface area contributed by atoms with E-state index in [4.69, 9.17) is 25.5 Å². The summed E-state index contributed by atoms with van der Waals surface area (Å²) in [7, 11) is 0. The van der Waals surface area contributed by atoms with E-state index in [0.29, 0.717) is 40.5 Å². The minimum Gasteiger partial charge on any atom is -0.490 e. The van der Waals surface area contributed by atoms with E-state index in [1.165, 1.54) is 0 Å². The maximum absolute atomic E-state index is 13.7. The lowest BCUT2D eigenvalue weighted by molar-refractivity contribution is 0.0353. The van der Waals surface area contributed by atoms with Gasteiger partial charge in [-0.05, 0) is 48.7 Å². The normalized spacial score (nSPS) is 18.0. The molecule has 3 heterocycles. The van der Waals surface area contributed by atoms with Crippen LogP contribution >= 0.6 is 11.6 Å². The van der Waals surface area contributed by atoms with Crippen LogP contribution < -0.4 is 10.2 Å². The van der Waals surface area contributed by atoms with Crippen LogP contribution in [0.25, 0.3) is 11.0 Å². The fourth-order valence-electron chi connectivity index (χ4n) is 4.91. The number of morpholine rings is 1. The monoisotopic (exact) mass is 508 g/mol. The van der Waals surface area contributed by atoms with Crippen molar-refractivity contribution < 1.29 is 18.7 Å². The van der Waals surface area contributed by atoms with Gasteiger partial charge in [-0.15, -0.1) is 0 Å². The van der Waals surface area contributed by atoms with E-state index < -0.39 is 6.04 Å². The summed E-state index contributed by atoms with van der Waals surface area (Å²) < 4.78 is 17.1. The van der Waals surface area contributed by atoms with Crippen molar-refractivity contribution in [1.82, 2.24) is 9.80 Å². The second-order valence-electron chi connectivity index (χ2n) is 9.15. The first-order valence-electron chi connectivity index (χ1n) is 12.2. The maximum Gasteiger partial charge on any atom is 0.290 e. The average Bonchev–Trinajstić information content (AvgIpc) is 3.17. The minimum atomic E-state index is -0.550. The zero-order valence-corrected chi connectivity index (χ0v) is 21.1. The molecule has 0 radical (unpaired) electrons. The first kappa shape index (κ1) is 24.6. The number of ether oxygens (including phenoxy) is 2. The van der Waals surface area contributed by atoms with Gasteiger partial charge in [0.1, 0.15) is 17.9 Å². The number of carbonyl (C=O) groups excluding carboxylic acids is 1. The smallest absolute Gasteiger partial charge is 0.290 e. The molecule has 1 saturated heterocycles. The fraction of sp³-hybridized carbons (Fsp3) is 0.357. The topological polar surface area (TPSA) is 72.2 Å². The molecule has 0 bridgehead atoms. The molecule has 1 amide bonds. The lowest BCUT2D eigenvalue weighted by Gasteiger charge is -2.29. The summed E-state index contributed by atoms with van der Waals surface area (Å²) in [6, 6.07) is 10.3. The van der Waals surface area contributed by atoms with Crippen LogP contribution in [0.4, 0.5) is 0 Å². The van der Waals surface area contributed by atoms with E-state index >= 15 is 0 Å². The molecule has 1 atom stereocenters. The Morgan fingerprint density at radius 2 is 1.89 bits per heavy atom. The molecule has 2 aromatic carbocycles. The van der Waals surface area contributed by atoms with Crippen LogP contribution in [0.5, 0.6) is 5.75 Å². The van der Waals surface area contributed by atoms with Gasteiger partial charge in [-0.25, -0.2) is 0 Å². The van der Waals surface area contributed by atoms with Crippen LogP contribution in [0.3, 0.4) is 0 Å². The summed E-state index contributed by atoms with van der Waals surface area (Å²) >= 11 is 6.33. The number of benzene rings is 2. The number of halogens is 1. The van der Waals surface area contributed by atoms with Crippen LogP contribution in [-0.2, 0) is 4.74 Å². The number of amides is 1. The third kappa shape index (κ3) is 4.66. The molecule has 2 aliphatic heterocycles. The Kier molecular flexibility index (Phi) is 7.14. The quantitative estimate of drug-likeness (QED) is 0.414. The zero-order valence-electron chi connectivity index (χ0n) is 20.3. The highest BCUT2D eigenvalue weighted by atomic mass is 35.5. The number of aryl methyl sites for hydroxylation is 1. The zero-order chi connectivity index (χ0) is 25.2. The summed E-state index contributed by atoms with van der Waals surface area (Å²) in [5.41, 5.74) is 2.11. The molecule has 0 saturated carbocycles. The lowest BCUT2D eigenvalue weighted by atomic mass is 9.98. The molecule has 1 fully saturated rings. The van der Waals surface area contributed by atoms with Crippen molar-refractivity contribution in [1.29, 1.82) is 0 Å². The molecule has 0 aliphatic carbocycles. The Hall–Kier alpha value is -3.13. The van der Waals surface area contributed by atoms with Crippen molar-refractivity contribution in [2.75, 3.05) is 46.0 Å². The van der Waals surface area contributed by atoms with Crippen molar-refractivity contribution in [2.45, 2.75) is 19.4 Å². The van der Waals surface area contributed by atoms with Crippen LogP contribution in [0.1, 0.15) is 39.7 Å². The minimum absolute atomic E-state index is 0.109. The average molecular weight is 509 g/mol. The van der Waals surface area contributed by atoms with E-state index in [0.717, 1.165) is 50.4 Å². The summed E-state index contributed by atoms with van der Waals surface area (Å²) in [6.07, 6.45) is 2.45. The largest absolute Gasteiger partial charge is 0.490 e. The summed E-state index contributed by atoms with van der Waals surface area (Å²) in [5.74, 6) is 0.531. The molecule has 2 aliphatic rings. The van der Waals surface area contributed by atoms with E-state index in [-0.39, 0.29) is 17.1 Å². The molecule has 1 aromatic heterocycles. The van der Waals surface area contributed by atoms with Crippen LogP contribution in [0, 0.1) is 6.92 Å². The van der Waals surface area contributed by atoms with Gasteiger partial charge in [0.05, 0.1) is 30.2 Å². The second kappa shape index (κ2) is 10.5. The molecule has 3 aromatic rings. The number of fused-ring (bicyclic) bond motifs is 2. The van der Waals surface area contributed by atoms with Gasteiger partial charge in [-0.2, -0.15) is 0 Å². The number of hydrogen-bond acceptors (Lipinski definition) is 6. The fourth-order valence-corrected chi connectivity index (χ4v) is 5.07. The Morgan fingerprint density at radius 1 is 1.14 bits per heavy atom. The molecule has 36 heavy (non-hydrogen) atoms. The van der Waals surface area contributed by atoms with Crippen molar-refractivity contribution in [3.05, 3.63) is 86.7 Å². The molecule has 0 N–H and O–H groups in total. The van der Waals surface area contributed by atoms with E-state index in [1.54, 1.807) is 23.1 Å². The summed E-state index contributed by atoms with van der Waals surface area (Å²) in [4.78, 5) is 31.4. The highest BCUT2D eigenvalue weighted by Crippen LogP contribution is 2.39. The Morgan fingerprint density at radius 3 is 2.61 bits per heavy atom. The molecule has 8 heteroatoms. The third-order valence-electron chi connectivity index (χ3n) is 6.79. The van der Waals surface area contributed by atoms with Gasteiger partial charge in [0, 0.05) is 31.2 Å². The predicted octanol–water partition coefficient (Wildman–Crippen LogP) is 4.59. The molecule has 0 spiro atoms. The van der Waals surface area contributed by atoms with E-state index in [1.807, 2.05) is 31.2 Å².